The zero-order valence-corrected chi connectivity index (χ0v) is 14.4. The Kier molecular flexibility index (Phi) is 4.48. The van der Waals surface area contributed by atoms with Gasteiger partial charge in [0.15, 0.2) is 0 Å². The Morgan fingerprint density at radius 1 is 1.04 bits per heavy atom. The zero-order chi connectivity index (χ0) is 17.3. The van der Waals surface area contributed by atoms with Crippen LogP contribution in [0, 0.1) is 5.82 Å². The fraction of sp³-hybridized carbons (Fsp3) is 0.429. The van der Waals surface area contributed by atoms with E-state index >= 15 is 0 Å². The lowest BCUT2D eigenvalue weighted by atomic mass is 9.83. The van der Waals surface area contributed by atoms with E-state index in [1.165, 1.54) is 12.1 Å². The minimum atomic E-state index is -0.375. The number of anilines is 1. The van der Waals surface area contributed by atoms with E-state index < -0.39 is 0 Å². The van der Waals surface area contributed by atoms with Crippen LogP contribution in [0.4, 0.5) is 10.1 Å². The van der Waals surface area contributed by atoms with E-state index in [0.717, 1.165) is 62.1 Å². The highest BCUT2D eigenvalue weighted by molar-refractivity contribution is 5.55. The van der Waals surface area contributed by atoms with E-state index in [4.69, 9.17) is 0 Å². The minimum Gasteiger partial charge on any atom is -0.388 e. The predicted molar refractivity (Wildman–Crippen MR) is 97.9 cm³/mol. The lowest BCUT2D eigenvalue weighted by molar-refractivity contribution is 0.131. The number of para-hydroxylation sites is 1. The number of rotatable bonds is 2. The van der Waals surface area contributed by atoms with Crippen molar-refractivity contribution in [2.45, 2.75) is 43.9 Å². The topological polar surface area (TPSA) is 35.5 Å². The number of aliphatic hydroxyl groups is 1. The van der Waals surface area contributed by atoms with Gasteiger partial charge in [0.2, 0.25) is 0 Å². The number of hydrogen-bond acceptors (Lipinski definition) is 3. The number of hydrogen-bond donors (Lipinski definition) is 2. The van der Waals surface area contributed by atoms with Gasteiger partial charge >= 0.3 is 0 Å². The molecule has 0 amide bonds. The molecule has 132 valence electrons. The highest BCUT2D eigenvalue weighted by Gasteiger charge is 2.37. The third-order valence-corrected chi connectivity index (χ3v) is 5.75. The molecule has 4 heteroatoms. The molecule has 0 aromatic heterocycles. The first-order valence-electron chi connectivity index (χ1n) is 9.16. The van der Waals surface area contributed by atoms with Gasteiger partial charge in [-0.25, -0.2) is 4.39 Å². The van der Waals surface area contributed by atoms with Crippen molar-refractivity contribution >= 4 is 5.69 Å². The Morgan fingerprint density at radius 2 is 1.76 bits per heavy atom. The molecule has 1 unspecified atom stereocenters. The Hall–Kier alpha value is -1.91. The van der Waals surface area contributed by atoms with Gasteiger partial charge in [0.05, 0.1) is 6.10 Å². The number of likely N-dealkylation sites (tertiary alicyclic amines) is 1. The molecule has 3 nitrogen and oxygen atoms in total. The maximum absolute atomic E-state index is 13.1. The molecule has 1 spiro atoms. The smallest absolute Gasteiger partial charge is 0.123 e. The Morgan fingerprint density at radius 3 is 2.52 bits per heavy atom. The average molecular weight is 340 g/mol. The lowest BCUT2D eigenvalue weighted by Gasteiger charge is -2.42. The summed E-state index contributed by atoms with van der Waals surface area (Å²) in [6.07, 6.45) is 3.56. The van der Waals surface area contributed by atoms with Crippen LogP contribution in [-0.2, 0) is 6.54 Å². The van der Waals surface area contributed by atoms with Gasteiger partial charge in [0.25, 0.3) is 0 Å². The van der Waals surface area contributed by atoms with Crippen LogP contribution in [0.15, 0.2) is 48.5 Å². The first-order valence-corrected chi connectivity index (χ1v) is 9.16. The molecular formula is C21H25FN2O. The maximum Gasteiger partial charge on any atom is 0.123 e. The second kappa shape index (κ2) is 6.77. The van der Waals surface area contributed by atoms with Crippen molar-refractivity contribution in [1.82, 2.24) is 4.90 Å². The molecule has 2 aliphatic rings. The second-order valence-electron chi connectivity index (χ2n) is 7.45. The van der Waals surface area contributed by atoms with E-state index in [-0.39, 0.29) is 17.5 Å². The van der Waals surface area contributed by atoms with Crippen molar-refractivity contribution in [3.63, 3.8) is 0 Å². The number of aliphatic hydroxyl groups excluding tert-OH is 1. The summed E-state index contributed by atoms with van der Waals surface area (Å²) in [6.45, 7) is 2.90. The van der Waals surface area contributed by atoms with Crippen molar-refractivity contribution < 1.29 is 9.50 Å². The van der Waals surface area contributed by atoms with Gasteiger partial charge in [-0.15, -0.1) is 0 Å². The molecule has 4 rings (SSSR count). The van der Waals surface area contributed by atoms with Gasteiger partial charge in [0, 0.05) is 36.4 Å². The highest BCUT2D eigenvalue weighted by Crippen LogP contribution is 2.40. The first kappa shape index (κ1) is 16.6. The Bertz CT molecular complexity index is 723. The summed E-state index contributed by atoms with van der Waals surface area (Å²) >= 11 is 0. The third-order valence-electron chi connectivity index (χ3n) is 5.75. The van der Waals surface area contributed by atoms with E-state index in [2.05, 4.69) is 16.3 Å². The molecule has 0 aliphatic carbocycles. The molecule has 0 radical (unpaired) electrons. The van der Waals surface area contributed by atoms with Crippen LogP contribution in [0.25, 0.3) is 0 Å². The minimum absolute atomic E-state index is 0.0763. The predicted octanol–water partition coefficient (Wildman–Crippen LogP) is 4.10. The number of nitrogens with zero attached hydrogens (tertiary/aromatic N) is 1. The van der Waals surface area contributed by atoms with E-state index in [1.807, 2.05) is 30.3 Å². The zero-order valence-electron chi connectivity index (χ0n) is 14.4. The monoisotopic (exact) mass is 340 g/mol. The molecule has 2 aromatic rings. The van der Waals surface area contributed by atoms with Crippen molar-refractivity contribution in [3.05, 3.63) is 65.5 Å². The summed E-state index contributed by atoms with van der Waals surface area (Å²) in [4.78, 5) is 2.44. The normalized spacial score (nSPS) is 22.9. The third kappa shape index (κ3) is 3.55. The molecule has 2 N–H and O–H groups in total. The van der Waals surface area contributed by atoms with Crippen molar-refractivity contribution in [3.8, 4) is 0 Å². The van der Waals surface area contributed by atoms with Gasteiger partial charge in [-0.2, -0.15) is 0 Å². The molecule has 1 atom stereocenters. The lowest BCUT2D eigenvalue weighted by Crippen LogP contribution is -2.48. The number of halogens is 1. The molecule has 2 aromatic carbocycles. The number of fused-ring (bicyclic) bond motifs is 1. The van der Waals surface area contributed by atoms with E-state index in [1.54, 1.807) is 0 Å². The Labute approximate surface area is 148 Å². The summed E-state index contributed by atoms with van der Waals surface area (Å²) in [5.74, 6) is -0.179. The van der Waals surface area contributed by atoms with Gasteiger partial charge in [0.1, 0.15) is 5.82 Å². The number of piperidine rings is 1. The Balaban J connectivity index is 1.43. The standard InChI is InChI=1S/C21H25FN2O/c22-17-7-5-16(6-8-17)15-24-13-11-21(12-14-24)10-9-20(25)18-3-1-2-4-19(18)23-21/h1-8,20,23,25H,9-15H2. The summed E-state index contributed by atoms with van der Waals surface area (Å²) in [5.41, 5.74) is 3.34. The van der Waals surface area contributed by atoms with Crippen LogP contribution < -0.4 is 5.32 Å². The van der Waals surface area contributed by atoms with Crippen molar-refractivity contribution in [1.29, 1.82) is 0 Å². The molecule has 0 saturated carbocycles. The van der Waals surface area contributed by atoms with Gasteiger partial charge in [-0.3, -0.25) is 4.90 Å². The van der Waals surface area contributed by atoms with Gasteiger partial charge in [-0.05, 0) is 49.4 Å². The quantitative estimate of drug-likeness (QED) is 0.864. The fourth-order valence-corrected chi connectivity index (χ4v) is 4.18. The summed E-state index contributed by atoms with van der Waals surface area (Å²) in [7, 11) is 0. The van der Waals surface area contributed by atoms with Gasteiger partial charge < -0.3 is 10.4 Å². The second-order valence-corrected chi connectivity index (χ2v) is 7.45. The first-order chi connectivity index (χ1) is 12.1. The van der Waals surface area contributed by atoms with Crippen LogP contribution in [0.3, 0.4) is 0 Å². The van der Waals surface area contributed by atoms with Gasteiger partial charge in [-0.1, -0.05) is 30.3 Å². The largest absolute Gasteiger partial charge is 0.388 e. The van der Waals surface area contributed by atoms with E-state index in [9.17, 15) is 9.50 Å². The van der Waals surface area contributed by atoms with Crippen LogP contribution in [0.1, 0.15) is 42.9 Å². The molecule has 25 heavy (non-hydrogen) atoms. The van der Waals surface area contributed by atoms with Crippen LogP contribution in [0.2, 0.25) is 0 Å². The molecule has 0 bridgehead atoms. The van der Waals surface area contributed by atoms with Crippen molar-refractivity contribution in [2.24, 2.45) is 0 Å². The summed E-state index contributed by atoms with van der Waals surface area (Å²) < 4.78 is 13.1. The highest BCUT2D eigenvalue weighted by atomic mass is 19.1. The molecule has 1 fully saturated rings. The SMILES string of the molecule is OC1CCC2(CCN(Cc3ccc(F)cc3)CC2)Nc2ccccc21. The van der Waals surface area contributed by atoms with Crippen molar-refractivity contribution in [2.75, 3.05) is 18.4 Å². The molecule has 2 aliphatic heterocycles. The number of nitrogens with one attached hydrogen (secondary N) is 1. The summed E-state index contributed by atoms with van der Waals surface area (Å²) in [5, 5.41) is 14.2. The van der Waals surface area contributed by atoms with E-state index in [0.29, 0.717) is 0 Å². The molecule has 2 heterocycles. The van der Waals surface area contributed by atoms with Crippen LogP contribution in [-0.4, -0.2) is 28.6 Å². The average Bonchev–Trinajstić information content (AvgIpc) is 2.77. The van der Waals surface area contributed by atoms with Crippen LogP contribution in [0.5, 0.6) is 0 Å². The maximum atomic E-state index is 13.1. The number of benzene rings is 2. The van der Waals surface area contributed by atoms with Crippen LogP contribution >= 0.6 is 0 Å². The molecular weight excluding hydrogens is 315 g/mol. The summed E-state index contributed by atoms with van der Waals surface area (Å²) in [6, 6.07) is 14.9. The fourth-order valence-electron chi connectivity index (χ4n) is 4.18. The molecule has 1 saturated heterocycles.